The van der Waals surface area contributed by atoms with Crippen LogP contribution in [0.15, 0.2) is 36.4 Å². The van der Waals surface area contributed by atoms with E-state index >= 15 is 0 Å². The predicted molar refractivity (Wildman–Crippen MR) is 71.4 cm³/mol. The Morgan fingerprint density at radius 2 is 1.57 bits per heavy atom. The van der Waals surface area contributed by atoms with E-state index in [9.17, 15) is 22.7 Å². The summed E-state index contributed by atoms with van der Waals surface area (Å²) >= 11 is 0. The number of hydrogen-bond acceptors (Lipinski definition) is 1. The Morgan fingerprint density at radius 1 is 1.00 bits per heavy atom. The minimum Gasteiger partial charge on any atom is -0.384 e. The first-order valence-electron chi connectivity index (χ1n) is 6.32. The van der Waals surface area contributed by atoms with Crippen molar-refractivity contribution in [3.8, 4) is 0 Å². The SMILES string of the molecule is Cc1cc(C)cc(C(O)c2cccc(C(F)(F)F)c2F)c1. The van der Waals surface area contributed by atoms with Crippen molar-refractivity contribution < 1.29 is 22.7 Å². The van der Waals surface area contributed by atoms with Crippen molar-refractivity contribution in [1.29, 1.82) is 0 Å². The summed E-state index contributed by atoms with van der Waals surface area (Å²) in [5.41, 5.74) is 0.303. The smallest absolute Gasteiger partial charge is 0.384 e. The number of aliphatic hydroxyl groups is 1. The fourth-order valence-corrected chi connectivity index (χ4v) is 2.33. The highest BCUT2D eigenvalue weighted by molar-refractivity contribution is 5.38. The lowest BCUT2D eigenvalue weighted by atomic mass is 9.96. The number of alkyl halides is 3. The van der Waals surface area contributed by atoms with Gasteiger partial charge in [-0.1, -0.05) is 41.5 Å². The Balaban J connectivity index is 2.51. The van der Waals surface area contributed by atoms with Gasteiger partial charge >= 0.3 is 6.18 Å². The predicted octanol–water partition coefficient (Wildman–Crippen LogP) is 4.54. The maximum Gasteiger partial charge on any atom is 0.419 e. The van der Waals surface area contributed by atoms with Crippen LogP contribution in [0.3, 0.4) is 0 Å². The monoisotopic (exact) mass is 298 g/mol. The topological polar surface area (TPSA) is 20.2 Å². The molecule has 0 fully saturated rings. The van der Waals surface area contributed by atoms with Crippen LogP contribution in [-0.2, 0) is 6.18 Å². The molecule has 1 unspecified atom stereocenters. The lowest BCUT2D eigenvalue weighted by Crippen LogP contribution is -2.12. The maximum atomic E-state index is 14.0. The maximum absolute atomic E-state index is 14.0. The summed E-state index contributed by atoms with van der Waals surface area (Å²) in [5.74, 6) is -1.43. The van der Waals surface area contributed by atoms with Gasteiger partial charge in [0.1, 0.15) is 11.9 Å². The zero-order valence-corrected chi connectivity index (χ0v) is 11.5. The van der Waals surface area contributed by atoms with Crippen molar-refractivity contribution in [1.82, 2.24) is 0 Å². The fraction of sp³-hybridized carbons (Fsp3) is 0.250. The average Bonchev–Trinajstić information content (AvgIpc) is 2.35. The molecule has 0 aliphatic carbocycles. The Labute approximate surface area is 119 Å². The van der Waals surface area contributed by atoms with Crippen LogP contribution in [0.25, 0.3) is 0 Å². The molecule has 2 aromatic rings. The molecule has 0 saturated heterocycles. The highest BCUT2D eigenvalue weighted by Crippen LogP contribution is 2.35. The van der Waals surface area contributed by atoms with Gasteiger partial charge in [-0.15, -0.1) is 0 Å². The molecule has 1 atom stereocenters. The molecule has 112 valence electrons. The highest BCUT2D eigenvalue weighted by Gasteiger charge is 2.35. The van der Waals surface area contributed by atoms with Gasteiger partial charge < -0.3 is 5.11 Å². The minimum absolute atomic E-state index is 0.366. The summed E-state index contributed by atoms with van der Waals surface area (Å²) in [4.78, 5) is 0. The molecule has 0 heterocycles. The normalized spacial score (nSPS) is 13.3. The van der Waals surface area contributed by atoms with Crippen molar-refractivity contribution >= 4 is 0 Å². The Kier molecular flexibility index (Phi) is 4.05. The minimum atomic E-state index is -4.79. The van der Waals surface area contributed by atoms with E-state index in [-0.39, 0.29) is 5.56 Å². The number of benzene rings is 2. The second-order valence-corrected chi connectivity index (χ2v) is 5.03. The molecule has 5 heteroatoms. The van der Waals surface area contributed by atoms with Gasteiger partial charge in [0.05, 0.1) is 5.56 Å². The van der Waals surface area contributed by atoms with Crippen molar-refractivity contribution in [3.63, 3.8) is 0 Å². The summed E-state index contributed by atoms with van der Waals surface area (Å²) in [6.07, 6.45) is -6.23. The number of rotatable bonds is 2. The van der Waals surface area contributed by atoms with E-state index < -0.39 is 23.7 Å². The molecular formula is C16H14F4O. The Bertz CT molecular complexity index is 642. The number of hydrogen-bond donors (Lipinski definition) is 1. The van der Waals surface area contributed by atoms with Gasteiger partial charge in [-0.3, -0.25) is 0 Å². The van der Waals surface area contributed by atoms with Gasteiger partial charge in [-0.25, -0.2) is 4.39 Å². The van der Waals surface area contributed by atoms with Crippen LogP contribution in [0, 0.1) is 19.7 Å². The van der Waals surface area contributed by atoms with Crippen molar-refractivity contribution in [2.45, 2.75) is 26.1 Å². The van der Waals surface area contributed by atoms with E-state index in [1.807, 2.05) is 6.07 Å². The first-order valence-corrected chi connectivity index (χ1v) is 6.32. The third-order valence-electron chi connectivity index (χ3n) is 3.19. The Hall–Kier alpha value is -1.88. The highest BCUT2D eigenvalue weighted by atomic mass is 19.4. The molecule has 0 aromatic heterocycles. The molecule has 0 bridgehead atoms. The molecule has 2 rings (SSSR count). The summed E-state index contributed by atoms with van der Waals surface area (Å²) in [6.45, 7) is 3.59. The number of aliphatic hydroxyl groups excluding tert-OH is 1. The van der Waals surface area contributed by atoms with Crippen molar-refractivity contribution in [3.05, 3.63) is 70.0 Å². The molecule has 0 spiro atoms. The summed E-state index contributed by atoms with van der Waals surface area (Å²) in [7, 11) is 0. The molecule has 2 aromatic carbocycles. The van der Waals surface area contributed by atoms with Gasteiger partial charge in [0.2, 0.25) is 0 Å². The molecule has 0 aliphatic heterocycles. The molecule has 21 heavy (non-hydrogen) atoms. The molecule has 0 radical (unpaired) electrons. The molecule has 1 nitrogen and oxygen atoms in total. The third kappa shape index (κ3) is 3.24. The molecule has 0 aliphatic rings. The second-order valence-electron chi connectivity index (χ2n) is 5.03. The lowest BCUT2D eigenvalue weighted by Gasteiger charge is -2.17. The summed E-state index contributed by atoms with van der Waals surface area (Å²) in [6, 6.07) is 8.01. The van der Waals surface area contributed by atoms with E-state index in [4.69, 9.17) is 0 Å². The van der Waals surface area contributed by atoms with Crippen LogP contribution >= 0.6 is 0 Å². The van der Waals surface area contributed by atoms with E-state index in [0.29, 0.717) is 11.6 Å². The summed E-state index contributed by atoms with van der Waals surface area (Å²) < 4.78 is 52.1. The van der Waals surface area contributed by atoms with Crippen LogP contribution in [0.5, 0.6) is 0 Å². The van der Waals surface area contributed by atoms with Crippen molar-refractivity contribution in [2.75, 3.05) is 0 Å². The fourth-order valence-electron chi connectivity index (χ4n) is 2.33. The van der Waals surface area contributed by atoms with Crippen LogP contribution in [0.2, 0.25) is 0 Å². The van der Waals surface area contributed by atoms with Crippen LogP contribution < -0.4 is 0 Å². The zero-order chi connectivity index (χ0) is 15.8. The van der Waals surface area contributed by atoms with E-state index in [1.54, 1.807) is 26.0 Å². The van der Waals surface area contributed by atoms with E-state index in [0.717, 1.165) is 23.3 Å². The lowest BCUT2D eigenvalue weighted by molar-refractivity contribution is -0.140. The van der Waals surface area contributed by atoms with Gasteiger partial charge in [0, 0.05) is 5.56 Å². The van der Waals surface area contributed by atoms with Crippen molar-refractivity contribution in [2.24, 2.45) is 0 Å². The third-order valence-corrected chi connectivity index (χ3v) is 3.19. The molecule has 0 saturated carbocycles. The van der Waals surface area contributed by atoms with Crippen LogP contribution in [0.1, 0.15) is 33.9 Å². The molecule has 0 amide bonds. The number of halogens is 4. The van der Waals surface area contributed by atoms with Gasteiger partial charge in [-0.05, 0) is 25.5 Å². The molecule has 1 N–H and O–H groups in total. The largest absolute Gasteiger partial charge is 0.419 e. The standard InChI is InChI=1S/C16H14F4O/c1-9-6-10(2)8-11(7-9)15(21)12-4-3-5-13(14(12)17)16(18,19)20/h3-8,15,21H,1-2H3. The molecular weight excluding hydrogens is 284 g/mol. The average molecular weight is 298 g/mol. The number of aryl methyl sites for hydroxylation is 2. The second kappa shape index (κ2) is 5.48. The van der Waals surface area contributed by atoms with Gasteiger partial charge in [-0.2, -0.15) is 13.2 Å². The van der Waals surface area contributed by atoms with E-state index in [1.165, 1.54) is 0 Å². The zero-order valence-electron chi connectivity index (χ0n) is 11.5. The first kappa shape index (κ1) is 15.5. The quantitative estimate of drug-likeness (QED) is 0.807. The van der Waals surface area contributed by atoms with E-state index in [2.05, 4.69) is 0 Å². The first-order chi connectivity index (χ1) is 9.70. The Morgan fingerprint density at radius 3 is 2.10 bits per heavy atom. The van der Waals surface area contributed by atoms with Crippen LogP contribution in [-0.4, -0.2) is 5.11 Å². The van der Waals surface area contributed by atoms with Gasteiger partial charge in [0.15, 0.2) is 0 Å². The summed E-state index contributed by atoms with van der Waals surface area (Å²) in [5, 5.41) is 10.2. The van der Waals surface area contributed by atoms with Crippen LogP contribution in [0.4, 0.5) is 17.6 Å². The van der Waals surface area contributed by atoms with Gasteiger partial charge in [0.25, 0.3) is 0 Å².